The lowest BCUT2D eigenvalue weighted by Crippen LogP contribution is -2.31. The maximum Gasteiger partial charge on any atom is 0.181 e. The van der Waals surface area contributed by atoms with Gasteiger partial charge in [-0.1, -0.05) is 25.5 Å². The first-order valence-electron chi connectivity index (χ1n) is 9.46. The predicted octanol–water partition coefficient (Wildman–Crippen LogP) is 4.95. The predicted molar refractivity (Wildman–Crippen MR) is 112 cm³/mol. The third kappa shape index (κ3) is 3.11. The molecule has 2 heterocycles. The molecule has 2 aromatic carbocycles. The number of imidazole rings is 1. The van der Waals surface area contributed by atoms with Crippen molar-refractivity contribution in [2.24, 2.45) is 0 Å². The Morgan fingerprint density at radius 2 is 1.86 bits per heavy atom. The van der Waals surface area contributed by atoms with Crippen molar-refractivity contribution in [1.29, 1.82) is 0 Å². The van der Waals surface area contributed by atoms with Gasteiger partial charge in [0.2, 0.25) is 0 Å². The average molecular weight is 376 g/mol. The van der Waals surface area contributed by atoms with Crippen LogP contribution in [0.5, 0.6) is 11.5 Å². The van der Waals surface area contributed by atoms with E-state index in [1.54, 1.807) is 18.3 Å². The molecule has 2 aromatic heterocycles. The molecule has 0 unspecified atom stereocenters. The number of nitrogens with zero attached hydrogens (tertiary/aromatic N) is 3. The van der Waals surface area contributed by atoms with Gasteiger partial charge < -0.3 is 15.5 Å². The maximum absolute atomic E-state index is 9.95. The van der Waals surface area contributed by atoms with Crippen LogP contribution < -0.4 is 5.32 Å². The number of fused-ring (bicyclic) bond motifs is 3. The highest BCUT2D eigenvalue weighted by Crippen LogP contribution is 2.34. The number of rotatable bonds is 5. The second-order valence-electron chi connectivity index (χ2n) is 7.71. The molecule has 4 aromatic rings. The lowest BCUT2D eigenvalue weighted by atomic mass is 9.99. The number of anilines is 1. The van der Waals surface area contributed by atoms with E-state index in [1.165, 1.54) is 6.07 Å². The molecule has 28 heavy (non-hydrogen) atoms. The van der Waals surface area contributed by atoms with Crippen LogP contribution in [-0.4, -0.2) is 30.1 Å². The van der Waals surface area contributed by atoms with E-state index < -0.39 is 0 Å². The van der Waals surface area contributed by atoms with E-state index in [1.807, 2.05) is 28.7 Å². The Morgan fingerprint density at radius 1 is 1.07 bits per heavy atom. The van der Waals surface area contributed by atoms with E-state index in [4.69, 9.17) is 4.98 Å². The first-order valence-corrected chi connectivity index (χ1v) is 9.46. The van der Waals surface area contributed by atoms with Gasteiger partial charge in [0.05, 0.1) is 22.9 Å². The molecule has 0 aliphatic rings. The van der Waals surface area contributed by atoms with Crippen molar-refractivity contribution in [3.63, 3.8) is 0 Å². The van der Waals surface area contributed by atoms with Crippen LogP contribution in [0.1, 0.15) is 33.6 Å². The summed E-state index contributed by atoms with van der Waals surface area (Å²) in [5.41, 5.74) is 3.97. The molecule has 4 rings (SSSR count). The molecule has 0 aliphatic heterocycles. The van der Waals surface area contributed by atoms with Gasteiger partial charge in [-0.05, 0) is 50.6 Å². The highest BCUT2D eigenvalue weighted by molar-refractivity contribution is 5.86. The number of aromatic nitrogens is 3. The molecule has 0 aliphatic carbocycles. The van der Waals surface area contributed by atoms with Crippen LogP contribution in [0.2, 0.25) is 0 Å². The summed E-state index contributed by atoms with van der Waals surface area (Å²) in [4.78, 5) is 9.46. The number of phenols is 2. The molecular weight excluding hydrogens is 352 g/mol. The van der Waals surface area contributed by atoms with Crippen LogP contribution in [-0.2, 0) is 0 Å². The number of phenolic OH excluding ortho intramolecular Hbond substituents is 2. The molecule has 0 saturated carbocycles. The van der Waals surface area contributed by atoms with Crippen molar-refractivity contribution in [3.8, 4) is 22.8 Å². The minimum Gasteiger partial charge on any atom is -0.504 e. The van der Waals surface area contributed by atoms with E-state index >= 15 is 0 Å². The summed E-state index contributed by atoms with van der Waals surface area (Å²) in [5, 5.41) is 23.2. The monoisotopic (exact) mass is 376 g/mol. The topological polar surface area (TPSA) is 82.7 Å². The van der Waals surface area contributed by atoms with E-state index in [2.05, 4.69) is 31.1 Å². The van der Waals surface area contributed by atoms with Crippen LogP contribution in [0.4, 0.5) is 5.82 Å². The van der Waals surface area contributed by atoms with Gasteiger partial charge in [0.25, 0.3) is 0 Å². The van der Waals surface area contributed by atoms with Gasteiger partial charge in [-0.25, -0.2) is 9.97 Å². The van der Waals surface area contributed by atoms with Gasteiger partial charge in [-0.15, -0.1) is 0 Å². The zero-order chi connectivity index (χ0) is 19.9. The molecule has 0 amide bonds. The van der Waals surface area contributed by atoms with Crippen molar-refractivity contribution in [2.75, 3.05) is 5.32 Å². The molecule has 0 spiro atoms. The van der Waals surface area contributed by atoms with Crippen LogP contribution in [0, 0.1) is 0 Å². The zero-order valence-electron chi connectivity index (χ0n) is 16.3. The first-order chi connectivity index (χ1) is 13.4. The Hall–Kier alpha value is -3.28. The van der Waals surface area contributed by atoms with Gasteiger partial charge >= 0.3 is 0 Å². The number of nitrogens with one attached hydrogen (secondary N) is 1. The van der Waals surface area contributed by atoms with Gasteiger partial charge in [-0.2, -0.15) is 0 Å². The summed E-state index contributed by atoms with van der Waals surface area (Å²) >= 11 is 0. The van der Waals surface area contributed by atoms with E-state index in [9.17, 15) is 10.2 Å². The number of benzene rings is 2. The standard InChI is InChI=1S/C22H24N4O2/c1-4-11-22(2,3)25-20-21-23-13-17(14-9-10-18(27)19(28)12-14)26(21)16-8-6-5-7-15(16)24-20/h5-10,12-13,27-28H,4,11H2,1-3H3,(H,24,25). The number of hydrogen-bond acceptors (Lipinski definition) is 5. The van der Waals surface area contributed by atoms with Gasteiger partial charge in [0.15, 0.2) is 23.0 Å². The molecule has 6 nitrogen and oxygen atoms in total. The van der Waals surface area contributed by atoms with Crippen LogP contribution in [0.25, 0.3) is 27.9 Å². The Bertz CT molecular complexity index is 1160. The fraction of sp³-hybridized carbons (Fsp3) is 0.273. The van der Waals surface area contributed by atoms with Gasteiger partial charge in [0, 0.05) is 11.1 Å². The quantitative estimate of drug-likeness (QED) is 0.429. The van der Waals surface area contributed by atoms with Crippen LogP contribution in [0.3, 0.4) is 0 Å². The van der Waals surface area contributed by atoms with E-state index in [0.717, 1.165) is 46.6 Å². The lowest BCUT2D eigenvalue weighted by molar-refractivity contribution is 0.404. The molecule has 144 valence electrons. The minimum atomic E-state index is -0.159. The van der Waals surface area contributed by atoms with Crippen molar-refractivity contribution < 1.29 is 10.2 Å². The fourth-order valence-electron chi connectivity index (χ4n) is 3.66. The third-order valence-corrected chi connectivity index (χ3v) is 4.93. The average Bonchev–Trinajstić information content (AvgIpc) is 3.09. The summed E-state index contributed by atoms with van der Waals surface area (Å²) in [5.74, 6) is 0.424. The largest absolute Gasteiger partial charge is 0.504 e. The summed E-state index contributed by atoms with van der Waals surface area (Å²) in [6, 6.07) is 12.7. The molecule has 0 fully saturated rings. The third-order valence-electron chi connectivity index (χ3n) is 4.93. The lowest BCUT2D eigenvalue weighted by Gasteiger charge is -2.27. The number of aromatic hydroxyl groups is 2. The smallest absolute Gasteiger partial charge is 0.181 e. The summed E-state index contributed by atoms with van der Waals surface area (Å²) < 4.78 is 2.04. The highest BCUT2D eigenvalue weighted by atomic mass is 16.3. The van der Waals surface area contributed by atoms with Gasteiger partial charge in [-0.3, -0.25) is 4.40 Å². The van der Waals surface area contributed by atoms with Crippen LogP contribution in [0.15, 0.2) is 48.7 Å². The number of hydrogen-bond donors (Lipinski definition) is 3. The Labute approximate surface area is 163 Å². The van der Waals surface area contributed by atoms with Crippen LogP contribution >= 0.6 is 0 Å². The molecular formula is C22H24N4O2. The highest BCUT2D eigenvalue weighted by Gasteiger charge is 2.21. The molecule has 0 atom stereocenters. The molecule has 0 radical (unpaired) electrons. The minimum absolute atomic E-state index is 0.117. The SMILES string of the molecule is CCCC(C)(C)Nc1nc2ccccc2n2c(-c3ccc(O)c(O)c3)cnc12. The first kappa shape index (κ1) is 18.1. The number of para-hydroxylation sites is 2. The summed E-state index contributed by atoms with van der Waals surface area (Å²) in [6.45, 7) is 6.48. The maximum atomic E-state index is 9.95. The van der Waals surface area contributed by atoms with Gasteiger partial charge in [0.1, 0.15) is 0 Å². The van der Waals surface area contributed by atoms with Crippen molar-refractivity contribution in [2.45, 2.75) is 39.2 Å². The van der Waals surface area contributed by atoms with Crippen molar-refractivity contribution in [1.82, 2.24) is 14.4 Å². The molecule has 0 bridgehead atoms. The Morgan fingerprint density at radius 3 is 2.61 bits per heavy atom. The fourth-order valence-corrected chi connectivity index (χ4v) is 3.66. The summed E-state index contributed by atoms with van der Waals surface area (Å²) in [6.07, 6.45) is 3.84. The molecule has 0 saturated heterocycles. The molecule has 3 N–H and O–H groups in total. The molecule has 6 heteroatoms. The van der Waals surface area contributed by atoms with Crippen molar-refractivity contribution >= 4 is 22.5 Å². The van der Waals surface area contributed by atoms with E-state index in [0.29, 0.717) is 0 Å². The Kier molecular flexibility index (Phi) is 4.34. The normalized spacial score (nSPS) is 12.0. The Balaban J connectivity index is 1.98. The second kappa shape index (κ2) is 6.71. The second-order valence-corrected chi connectivity index (χ2v) is 7.71. The zero-order valence-corrected chi connectivity index (χ0v) is 16.3. The van der Waals surface area contributed by atoms with E-state index in [-0.39, 0.29) is 17.0 Å². The van der Waals surface area contributed by atoms with Crippen molar-refractivity contribution in [3.05, 3.63) is 48.7 Å². The summed E-state index contributed by atoms with van der Waals surface area (Å²) in [7, 11) is 0.